The first-order valence-corrected chi connectivity index (χ1v) is 24.8. The Balaban J connectivity index is 1.04. The molecule has 344 valence electrons. The van der Waals surface area contributed by atoms with Crippen LogP contribution in [-0.2, 0) is 0 Å². The van der Waals surface area contributed by atoms with E-state index in [2.05, 4.69) is 243 Å². The van der Waals surface area contributed by atoms with Gasteiger partial charge in [-0.2, -0.15) is 0 Å². The number of rotatable bonds is 9. The SMILES string of the molecule is Cc1nc2c3c(-c4ccccc4)c(-c4ccccc4-c4cc(-c5ccccc5-c5ccc(-c6ccccc6)nc5)cc(-c5ccccc5-c5ccc(-c6ccccc6)nc5)c4)cnc3c3ccccc3n2c1C. The zero-order valence-electron chi connectivity index (χ0n) is 40.4. The quantitative estimate of drug-likeness (QED) is 0.135. The maximum atomic E-state index is 5.40. The van der Waals surface area contributed by atoms with Crippen LogP contribution in [0.5, 0.6) is 0 Å². The molecule has 8 aromatic carbocycles. The van der Waals surface area contributed by atoms with Crippen molar-refractivity contribution in [3.63, 3.8) is 0 Å². The Kier molecular flexibility index (Phi) is 10.9. The number of hydrogen-bond acceptors (Lipinski definition) is 4. The van der Waals surface area contributed by atoms with Crippen LogP contribution >= 0.6 is 0 Å². The summed E-state index contributed by atoms with van der Waals surface area (Å²) in [5, 5.41) is 2.12. The van der Waals surface area contributed by atoms with E-state index in [4.69, 9.17) is 19.9 Å². The van der Waals surface area contributed by atoms with Crippen molar-refractivity contribution in [1.29, 1.82) is 0 Å². The lowest BCUT2D eigenvalue weighted by atomic mass is 9.85. The maximum absolute atomic E-state index is 5.40. The van der Waals surface area contributed by atoms with Crippen molar-refractivity contribution < 1.29 is 0 Å². The molecule has 13 aromatic rings. The van der Waals surface area contributed by atoms with Crippen LogP contribution in [0.4, 0.5) is 0 Å². The Morgan fingerprint density at radius 3 is 1.25 bits per heavy atom. The standard InChI is InChI=1S/C68H47N5/c1-44-45(2)73-64-33-19-18-32-60(64)67-66(68(73)72-44)65(48-24-10-5-11-25-48)61(43-71-67)59-31-17-16-30-58(59)53-39-51(56-28-14-12-26-54(56)49-34-36-62(69-41-49)46-20-6-3-7-21-46)38-52(40-53)57-29-15-13-27-55(57)50-35-37-63(70-42-50)47-22-8-4-9-23-47/h3-43H,1-2H3. The smallest absolute Gasteiger partial charge is 0.147 e. The second-order valence-corrected chi connectivity index (χ2v) is 18.6. The van der Waals surface area contributed by atoms with E-state index in [1.807, 2.05) is 24.5 Å². The fraction of sp³-hybridized carbons (Fsp3) is 0.0294. The highest BCUT2D eigenvalue weighted by Gasteiger charge is 2.24. The predicted octanol–water partition coefficient (Wildman–Crippen LogP) is 17.4. The summed E-state index contributed by atoms with van der Waals surface area (Å²) in [6.45, 7) is 4.26. The first-order chi connectivity index (χ1) is 36.1. The molecule has 0 aliphatic rings. The molecule has 0 unspecified atom stereocenters. The zero-order chi connectivity index (χ0) is 48.8. The normalized spacial score (nSPS) is 11.4. The second-order valence-electron chi connectivity index (χ2n) is 18.6. The van der Waals surface area contributed by atoms with Gasteiger partial charge in [0.25, 0.3) is 0 Å². The minimum Gasteiger partial charge on any atom is -0.296 e. The van der Waals surface area contributed by atoms with Crippen LogP contribution in [0.2, 0.25) is 0 Å². The first-order valence-electron chi connectivity index (χ1n) is 24.8. The van der Waals surface area contributed by atoms with Gasteiger partial charge < -0.3 is 0 Å². The van der Waals surface area contributed by atoms with Crippen LogP contribution in [0.25, 0.3) is 128 Å². The Hall–Kier alpha value is -9.58. The summed E-state index contributed by atoms with van der Waals surface area (Å²) in [4.78, 5) is 20.7. The Morgan fingerprint density at radius 1 is 0.329 bits per heavy atom. The lowest BCUT2D eigenvalue weighted by Gasteiger charge is -2.20. The topological polar surface area (TPSA) is 56.0 Å². The molecule has 0 saturated carbocycles. The van der Waals surface area contributed by atoms with Crippen molar-refractivity contribution in [1.82, 2.24) is 24.3 Å². The van der Waals surface area contributed by atoms with Crippen LogP contribution in [0.3, 0.4) is 0 Å². The second kappa shape index (κ2) is 18.3. The molecule has 0 amide bonds. The number of fused-ring (bicyclic) bond motifs is 6. The summed E-state index contributed by atoms with van der Waals surface area (Å²) in [5.41, 5.74) is 24.3. The van der Waals surface area contributed by atoms with E-state index in [1.54, 1.807) is 0 Å². The number of hydrogen-bond donors (Lipinski definition) is 0. The van der Waals surface area contributed by atoms with Crippen LogP contribution in [0.15, 0.2) is 249 Å². The highest BCUT2D eigenvalue weighted by atomic mass is 15.0. The van der Waals surface area contributed by atoms with Crippen molar-refractivity contribution in [3.8, 4) is 100 Å². The van der Waals surface area contributed by atoms with Crippen molar-refractivity contribution in [2.24, 2.45) is 0 Å². The highest BCUT2D eigenvalue weighted by Crippen LogP contribution is 2.47. The summed E-state index contributed by atoms with van der Waals surface area (Å²) >= 11 is 0. The third kappa shape index (κ3) is 7.75. The number of para-hydroxylation sites is 1. The van der Waals surface area contributed by atoms with Gasteiger partial charge in [0.2, 0.25) is 0 Å². The largest absolute Gasteiger partial charge is 0.296 e. The molecule has 0 radical (unpaired) electrons. The fourth-order valence-electron chi connectivity index (χ4n) is 10.7. The molecule has 13 rings (SSSR count). The van der Waals surface area contributed by atoms with Gasteiger partial charge in [-0.3, -0.25) is 19.4 Å². The Labute approximate surface area is 424 Å². The summed E-state index contributed by atoms with van der Waals surface area (Å²) in [6, 6.07) is 81.9. The molecule has 0 N–H and O–H groups in total. The van der Waals surface area contributed by atoms with E-state index < -0.39 is 0 Å². The third-order valence-electron chi connectivity index (χ3n) is 14.3. The molecule has 0 fully saturated rings. The molecule has 0 saturated heterocycles. The number of aryl methyl sites for hydroxylation is 2. The fourth-order valence-corrected chi connectivity index (χ4v) is 10.7. The average molecular weight is 934 g/mol. The van der Waals surface area contributed by atoms with Crippen LogP contribution in [0.1, 0.15) is 11.4 Å². The van der Waals surface area contributed by atoms with E-state index in [-0.39, 0.29) is 0 Å². The van der Waals surface area contributed by atoms with Gasteiger partial charge in [-0.25, -0.2) is 4.98 Å². The van der Waals surface area contributed by atoms with Crippen molar-refractivity contribution in [2.45, 2.75) is 13.8 Å². The minimum absolute atomic E-state index is 0.907. The highest BCUT2D eigenvalue weighted by molar-refractivity contribution is 6.18. The summed E-state index contributed by atoms with van der Waals surface area (Å²) in [7, 11) is 0. The summed E-state index contributed by atoms with van der Waals surface area (Å²) in [5.74, 6) is 0. The van der Waals surface area contributed by atoms with Crippen molar-refractivity contribution in [2.75, 3.05) is 0 Å². The molecule has 0 aliphatic carbocycles. The molecule has 5 heteroatoms. The number of imidazole rings is 1. The third-order valence-corrected chi connectivity index (χ3v) is 14.3. The van der Waals surface area contributed by atoms with Crippen molar-refractivity contribution >= 4 is 27.5 Å². The lowest BCUT2D eigenvalue weighted by molar-refractivity contribution is 1.14. The van der Waals surface area contributed by atoms with Gasteiger partial charge >= 0.3 is 0 Å². The molecule has 73 heavy (non-hydrogen) atoms. The maximum Gasteiger partial charge on any atom is 0.147 e. The Bertz CT molecular complexity index is 4040. The molecule has 5 nitrogen and oxygen atoms in total. The molecular formula is C68H47N5. The summed E-state index contributed by atoms with van der Waals surface area (Å²) < 4.78 is 2.32. The van der Waals surface area contributed by atoms with Gasteiger partial charge in [-0.1, -0.05) is 194 Å². The van der Waals surface area contributed by atoms with Gasteiger partial charge in [0.15, 0.2) is 0 Å². The van der Waals surface area contributed by atoms with Gasteiger partial charge in [-0.15, -0.1) is 0 Å². The van der Waals surface area contributed by atoms with E-state index >= 15 is 0 Å². The van der Waals surface area contributed by atoms with Gasteiger partial charge in [0.05, 0.1) is 33.5 Å². The molecule has 0 spiro atoms. The number of pyridine rings is 4. The molecule has 0 aliphatic heterocycles. The van der Waals surface area contributed by atoms with Crippen molar-refractivity contribution in [3.05, 3.63) is 261 Å². The average Bonchev–Trinajstić information content (AvgIpc) is 3.78. The molecular weight excluding hydrogens is 887 g/mol. The molecule has 0 bridgehead atoms. The summed E-state index contributed by atoms with van der Waals surface area (Å²) in [6.07, 6.45) is 6.09. The zero-order valence-corrected chi connectivity index (χ0v) is 40.4. The molecule has 0 atom stereocenters. The number of nitrogens with zero attached hydrogens (tertiary/aromatic N) is 5. The predicted molar refractivity (Wildman–Crippen MR) is 302 cm³/mol. The number of aromatic nitrogens is 5. The minimum atomic E-state index is 0.907. The van der Waals surface area contributed by atoms with Crippen LogP contribution in [-0.4, -0.2) is 24.3 Å². The molecule has 5 aromatic heterocycles. The van der Waals surface area contributed by atoms with Crippen LogP contribution < -0.4 is 0 Å². The Morgan fingerprint density at radius 2 is 0.753 bits per heavy atom. The van der Waals surface area contributed by atoms with E-state index in [0.717, 1.165) is 139 Å². The van der Waals surface area contributed by atoms with E-state index in [1.165, 1.54) is 0 Å². The van der Waals surface area contributed by atoms with Gasteiger partial charge in [0.1, 0.15) is 5.65 Å². The van der Waals surface area contributed by atoms with Gasteiger partial charge in [0, 0.05) is 63.1 Å². The molecule has 5 heterocycles. The first kappa shape index (κ1) is 43.4. The van der Waals surface area contributed by atoms with Gasteiger partial charge in [-0.05, 0) is 106 Å². The monoisotopic (exact) mass is 933 g/mol. The van der Waals surface area contributed by atoms with E-state index in [0.29, 0.717) is 0 Å². The lowest BCUT2D eigenvalue weighted by Crippen LogP contribution is -1.99. The number of benzene rings is 8. The van der Waals surface area contributed by atoms with E-state index in [9.17, 15) is 0 Å². The van der Waals surface area contributed by atoms with Crippen LogP contribution in [0, 0.1) is 13.8 Å².